The molecular weight excluding hydrogens is 251 g/mol. The lowest BCUT2D eigenvalue weighted by atomic mass is 9.99. The van der Waals surface area contributed by atoms with Crippen LogP contribution in [0.25, 0.3) is 5.57 Å². The van der Waals surface area contributed by atoms with Crippen molar-refractivity contribution in [1.82, 2.24) is 0 Å². The molecule has 0 amide bonds. The Labute approximate surface area is 110 Å². The summed E-state index contributed by atoms with van der Waals surface area (Å²) in [6.45, 7) is 0. The maximum atomic E-state index is 12.8. The first-order valence-electron chi connectivity index (χ1n) is 5.44. The number of hydrogen-bond donors (Lipinski definition) is 0. The van der Waals surface area contributed by atoms with Crippen LogP contribution >= 0.6 is 11.6 Å². The van der Waals surface area contributed by atoms with E-state index in [0.29, 0.717) is 22.6 Å². The number of hydrogen-bond acceptors (Lipinski definition) is 1. The highest BCUT2D eigenvalue weighted by Gasteiger charge is 2.07. The Balaban J connectivity index is 2.29. The van der Waals surface area contributed by atoms with Crippen LogP contribution < -0.4 is 0 Å². The van der Waals surface area contributed by atoms with Crippen molar-refractivity contribution < 1.29 is 9.18 Å². The number of benzene rings is 2. The van der Waals surface area contributed by atoms with E-state index in [9.17, 15) is 9.18 Å². The molecule has 0 unspecified atom stereocenters. The molecule has 90 valence electrons. The molecule has 0 aliphatic carbocycles. The normalized spacial score (nSPS) is 9.89. The standard InChI is InChI=1S/C15H10ClFO/c16-15-4-2-1-3-12(15)9-13(10-18)11-5-7-14(17)8-6-11/h1-8H,9H2. The maximum Gasteiger partial charge on any atom is 0.128 e. The van der Waals surface area contributed by atoms with Crippen molar-refractivity contribution >= 4 is 23.1 Å². The molecule has 3 heteroatoms. The van der Waals surface area contributed by atoms with Gasteiger partial charge in [0.1, 0.15) is 11.8 Å². The van der Waals surface area contributed by atoms with E-state index in [1.807, 2.05) is 24.1 Å². The highest BCUT2D eigenvalue weighted by molar-refractivity contribution is 6.31. The third kappa shape index (κ3) is 2.86. The van der Waals surface area contributed by atoms with Gasteiger partial charge in [0.25, 0.3) is 0 Å². The van der Waals surface area contributed by atoms with Gasteiger partial charge in [0.2, 0.25) is 0 Å². The summed E-state index contributed by atoms with van der Waals surface area (Å²) in [4.78, 5) is 11.0. The summed E-state index contributed by atoms with van der Waals surface area (Å²) in [5, 5.41) is 0.604. The van der Waals surface area contributed by atoms with E-state index in [4.69, 9.17) is 11.6 Å². The van der Waals surface area contributed by atoms with Crippen molar-refractivity contribution in [3.63, 3.8) is 0 Å². The molecule has 0 spiro atoms. The molecular formula is C15H10ClFO. The van der Waals surface area contributed by atoms with Gasteiger partial charge in [0, 0.05) is 17.0 Å². The summed E-state index contributed by atoms with van der Waals surface area (Å²) < 4.78 is 12.8. The van der Waals surface area contributed by atoms with Gasteiger partial charge in [-0.3, -0.25) is 0 Å². The largest absolute Gasteiger partial charge is 0.233 e. The lowest BCUT2D eigenvalue weighted by Crippen LogP contribution is -1.93. The van der Waals surface area contributed by atoms with Crippen LogP contribution in [0, 0.1) is 5.82 Å². The van der Waals surface area contributed by atoms with Crippen molar-refractivity contribution in [3.05, 3.63) is 70.5 Å². The van der Waals surface area contributed by atoms with Crippen molar-refractivity contribution in [3.8, 4) is 0 Å². The van der Waals surface area contributed by atoms with E-state index in [0.717, 1.165) is 5.56 Å². The van der Waals surface area contributed by atoms with Crippen LogP contribution in [-0.4, -0.2) is 5.94 Å². The first-order chi connectivity index (χ1) is 8.70. The summed E-state index contributed by atoms with van der Waals surface area (Å²) >= 11 is 6.03. The van der Waals surface area contributed by atoms with Gasteiger partial charge in [0.15, 0.2) is 0 Å². The predicted octanol–water partition coefficient (Wildman–Crippen LogP) is 3.94. The van der Waals surface area contributed by atoms with Gasteiger partial charge in [-0.2, -0.15) is 0 Å². The molecule has 2 aromatic rings. The number of carbonyl (C=O) groups excluding carboxylic acids is 1. The minimum atomic E-state index is -0.332. The second-order valence-corrected chi connectivity index (χ2v) is 4.26. The molecule has 0 aromatic heterocycles. The molecule has 0 aliphatic rings. The SMILES string of the molecule is O=C=C(Cc1ccccc1Cl)c1ccc(F)cc1. The zero-order valence-corrected chi connectivity index (χ0v) is 10.2. The van der Waals surface area contributed by atoms with Gasteiger partial charge in [-0.1, -0.05) is 41.9 Å². The van der Waals surface area contributed by atoms with Crippen LogP contribution in [0.4, 0.5) is 4.39 Å². The predicted molar refractivity (Wildman–Crippen MR) is 70.7 cm³/mol. The summed E-state index contributed by atoms with van der Waals surface area (Å²) in [7, 11) is 0. The minimum absolute atomic E-state index is 0.332. The topological polar surface area (TPSA) is 17.1 Å². The Morgan fingerprint density at radius 3 is 2.39 bits per heavy atom. The molecule has 0 bridgehead atoms. The zero-order valence-electron chi connectivity index (χ0n) is 9.49. The van der Waals surface area contributed by atoms with Crippen LogP contribution in [-0.2, 0) is 11.2 Å². The molecule has 0 aliphatic heterocycles. The van der Waals surface area contributed by atoms with Crippen molar-refractivity contribution in [2.75, 3.05) is 0 Å². The fraction of sp³-hybridized carbons (Fsp3) is 0.0667. The van der Waals surface area contributed by atoms with Crippen molar-refractivity contribution in [1.29, 1.82) is 0 Å². The summed E-state index contributed by atoms with van der Waals surface area (Å²) in [6, 6.07) is 13.1. The average molecular weight is 261 g/mol. The van der Waals surface area contributed by atoms with E-state index in [1.165, 1.54) is 12.1 Å². The van der Waals surface area contributed by atoms with Crippen molar-refractivity contribution in [2.45, 2.75) is 6.42 Å². The van der Waals surface area contributed by atoms with E-state index in [2.05, 4.69) is 0 Å². The van der Waals surface area contributed by atoms with Crippen LogP contribution in [0.3, 0.4) is 0 Å². The zero-order chi connectivity index (χ0) is 13.0. The second-order valence-electron chi connectivity index (χ2n) is 3.86. The molecule has 0 heterocycles. The Kier molecular flexibility index (Phi) is 3.93. The van der Waals surface area contributed by atoms with Crippen LogP contribution in [0.5, 0.6) is 0 Å². The average Bonchev–Trinajstić information content (AvgIpc) is 2.39. The molecule has 0 N–H and O–H groups in total. The van der Waals surface area contributed by atoms with E-state index < -0.39 is 0 Å². The summed E-state index contributed by atoms with van der Waals surface area (Å²) in [6.07, 6.45) is 0.384. The first-order valence-corrected chi connectivity index (χ1v) is 5.82. The van der Waals surface area contributed by atoms with Gasteiger partial charge >= 0.3 is 0 Å². The third-order valence-electron chi connectivity index (χ3n) is 2.64. The summed E-state index contributed by atoms with van der Waals surface area (Å²) in [5.74, 6) is 1.57. The molecule has 0 radical (unpaired) electrons. The number of halogens is 2. The molecule has 18 heavy (non-hydrogen) atoms. The highest BCUT2D eigenvalue weighted by Crippen LogP contribution is 2.22. The van der Waals surface area contributed by atoms with Crippen LogP contribution in [0.2, 0.25) is 5.02 Å². The summed E-state index contributed by atoms with van der Waals surface area (Å²) in [5.41, 5.74) is 1.97. The van der Waals surface area contributed by atoms with Crippen LogP contribution in [0.1, 0.15) is 11.1 Å². The Bertz CT molecular complexity index is 598. The molecule has 0 saturated carbocycles. The number of rotatable bonds is 3. The fourth-order valence-corrected chi connectivity index (χ4v) is 1.88. The lowest BCUT2D eigenvalue weighted by Gasteiger charge is -2.05. The van der Waals surface area contributed by atoms with Crippen molar-refractivity contribution in [2.24, 2.45) is 0 Å². The maximum absolute atomic E-state index is 12.8. The van der Waals surface area contributed by atoms with Gasteiger partial charge in [0.05, 0.1) is 0 Å². The third-order valence-corrected chi connectivity index (χ3v) is 3.01. The van der Waals surface area contributed by atoms with Gasteiger partial charge in [-0.05, 0) is 29.3 Å². The molecule has 0 fully saturated rings. The molecule has 0 atom stereocenters. The van der Waals surface area contributed by atoms with E-state index in [-0.39, 0.29) is 5.82 Å². The Morgan fingerprint density at radius 1 is 1.11 bits per heavy atom. The Hall–Kier alpha value is -1.89. The van der Waals surface area contributed by atoms with Gasteiger partial charge in [-0.25, -0.2) is 9.18 Å². The number of allylic oxidation sites excluding steroid dienone is 1. The molecule has 2 aromatic carbocycles. The quantitative estimate of drug-likeness (QED) is 0.764. The first kappa shape index (κ1) is 12.6. The monoisotopic (exact) mass is 260 g/mol. The van der Waals surface area contributed by atoms with Gasteiger partial charge < -0.3 is 0 Å². The minimum Gasteiger partial charge on any atom is -0.233 e. The van der Waals surface area contributed by atoms with Crippen LogP contribution in [0.15, 0.2) is 48.5 Å². The molecule has 2 rings (SSSR count). The fourth-order valence-electron chi connectivity index (χ4n) is 1.68. The second kappa shape index (κ2) is 5.63. The lowest BCUT2D eigenvalue weighted by molar-refractivity contribution is 0.569. The smallest absolute Gasteiger partial charge is 0.128 e. The Morgan fingerprint density at radius 2 is 1.78 bits per heavy atom. The molecule has 0 saturated heterocycles. The molecule has 1 nitrogen and oxygen atoms in total. The van der Waals surface area contributed by atoms with E-state index in [1.54, 1.807) is 18.2 Å². The highest BCUT2D eigenvalue weighted by atomic mass is 35.5. The van der Waals surface area contributed by atoms with Gasteiger partial charge in [-0.15, -0.1) is 0 Å². The van der Waals surface area contributed by atoms with E-state index >= 15 is 0 Å².